The Morgan fingerprint density at radius 2 is 2.31 bits per heavy atom. The highest BCUT2D eigenvalue weighted by atomic mass is 16.5. The van der Waals surface area contributed by atoms with Crippen LogP contribution >= 0.6 is 0 Å². The maximum absolute atomic E-state index is 9.29. The summed E-state index contributed by atoms with van der Waals surface area (Å²) in [5, 5.41) is 12.7. The van der Waals surface area contributed by atoms with Crippen molar-refractivity contribution in [3.8, 4) is 6.07 Å². The molecule has 4 nitrogen and oxygen atoms in total. The van der Waals surface area contributed by atoms with Gasteiger partial charge in [-0.1, -0.05) is 0 Å². The zero-order valence-corrected chi connectivity index (χ0v) is 10.2. The molecule has 1 aliphatic heterocycles. The third-order valence-electron chi connectivity index (χ3n) is 3.21. The smallest absolute Gasteiger partial charge is 0.116 e. The first-order valence-corrected chi connectivity index (χ1v) is 6.14. The summed E-state index contributed by atoms with van der Waals surface area (Å²) in [5.74, 6) is 0. The highest BCUT2D eigenvalue weighted by molar-refractivity contribution is 5.09. The Morgan fingerprint density at radius 3 is 2.88 bits per heavy atom. The largest absolute Gasteiger partial charge is 0.376 e. The average Bonchev–Trinajstić information content (AvgIpc) is 3.01. The zero-order chi connectivity index (χ0) is 11.6. The standard InChI is InChI=1S/C12H21N3O/c1-10-7-15(5-6-16-10)9-12(2,8-13)14-11-3-4-11/h10-11,14H,3-7,9H2,1-2H3. The summed E-state index contributed by atoms with van der Waals surface area (Å²) in [6.07, 6.45) is 2.73. The van der Waals surface area contributed by atoms with E-state index >= 15 is 0 Å². The number of nitrogens with zero attached hydrogens (tertiary/aromatic N) is 2. The number of hydrogen-bond donors (Lipinski definition) is 1. The average molecular weight is 223 g/mol. The van der Waals surface area contributed by atoms with E-state index in [0.717, 1.165) is 26.2 Å². The minimum atomic E-state index is -0.405. The molecular formula is C12H21N3O. The van der Waals surface area contributed by atoms with Crippen LogP contribution in [-0.2, 0) is 4.74 Å². The van der Waals surface area contributed by atoms with Crippen LogP contribution in [0, 0.1) is 11.3 Å². The first-order chi connectivity index (χ1) is 7.61. The zero-order valence-electron chi connectivity index (χ0n) is 10.2. The molecule has 0 radical (unpaired) electrons. The number of nitriles is 1. The predicted molar refractivity (Wildman–Crippen MR) is 62.0 cm³/mol. The Hall–Kier alpha value is -0.630. The van der Waals surface area contributed by atoms with E-state index in [-0.39, 0.29) is 6.10 Å². The van der Waals surface area contributed by atoms with E-state index in [1.165, 1.54) is 12.8 Å². The molecule has 90 valence electrons. The molecule has 2 atom stereocenters. The molecule has 1 aliphatic carbocycles. The first-order valence-electron chi connectivity index (χ1n) is 6.14. The maximum Gasteiger partial charge on any atom is 0.116 e. The fourth-order valence-corrected chi connectivity index (χ4v) is 2.27. The van der Waals surface area contributed by atoms with E-state index in [1.807, 2.05) is 6.92 Å². The van der Waals surface area contributed by atoms with Gasteiger partial charge in [0.15, 0.2) is 0 Å². The lowest BCUT2D eigenvalue weighted by atomic mass is 10.0. The Bertz CT molecular complexity index is 284. The molecule has 1 N–H and O–H groups in total. The van der Waals surface area contributed by atoms with Crippen molar-refractivity contribution in [1.29, 1.82) is 5.26 Å². The van der Waals surface area contributed by atoms with Gasteiger partial charge in [-0.3, -0.25) is 10.2 Å². The quantitative estimate of drug-likeness (QED) is 0.763. The van der Waals surface area contributed by atoms with Crippen LogP contribution in [0.15, 0.2) is 0 Å². The number of hydrogen-bond acceptors (Lipinski definition) is 4. The molecule has 16 heavy (non-hydrogen) atoms. The van der Waals surface area contributed by atoms with Gasteiger partial charge in [0.25, 0.3) is 0 Å². The lowest BCUT2D eigenvalue weighted by Crippen LogP contribution is -2.54. The van der Waals surface area contributed by atoms with E-state index in [2.05, 4.69) is 23.2 Å². The monoisotopic (exact) mass is 223 g/mol. The van der Waals surface area contributed by atoms with Gasteiger partial charge in [-0.15, -0.1) is 0 Å². The van der Waals surface area contributed by atoms with Gasteiger partial charge in [-0.05, 0) is 26.7 Å². The second-order valence-electron chi connectivity index (χ2n) is 5.28. The van der Waals surface area contributed by atoms with Crippen molar-refractivity contribution >= 4 is 0 Å². The summed E-state index contributed by atoms with van der Waals surface area (Å²) in [7, 11) is 0. The van der Waals surface area contributed by atoms with Crippen LogP contribution in [0.3, 0.4) is 0 Å². The third kappa shape index (κ3) is 3.18. The number of morpholine rings is 1. The van der Waals surface area contributed by atoms with Gasteiger partial charge in [0.2, 0.25) is 0 Å². The van der Waals surface area contributed by atoms with Crippen molar-refractivity contribution in [2.75, 3.05) is 26.2 Å². The van der Waals surface area contributed by atoms with Crippen molar-refractivity contribution in [2.45, 2.75) is 44.4 Å². The van der Waals surface area contributed by atoms with Gasteiger partial charge >= 0.3 is 0 Å². The summed E-state index contributed by atoms with van der Waals surface area (Å²) in [6.45, 7) is 7.55. The molecule has 0 spiro atoms. The number of nitrogens with one attached hydrogen (secondary N) is 1. The van der Waals surface area contributed by atoms with Gasteiger partial charge in [0.1, 0.15) is 5.54 Å². The maximum atomic E-state index is 9.29. The molecule has 0 bridgehead atoms. The molecule has 2 rings (SSSR count). The SMILES string of the molecule is CC1CN(CC(C)(C#N)NC2CC2)CCO1. The van der Waals surface area contributed by atoms with Crippen LogP contribution < -0.4 is 5.32 Å². The summed E-state index contributed by atoms with van der Waals surface area (Å²) in [4.78, 5) is 2.33. The summed E-state index contributed by atoms with van der Waals surface area (Å²) < 4.78 is 5.50. The Morgan fingerprint density at radius 1 is 1.56 bits per heavy atom. The van der Waals surface area contributed by atoms with Crippen molar-refractivity contribution in [1.82, 2.24) is 10.2 Å². The summed E-state index contributed by atoms with van der Waals surface area (Å²) in [5.41, 5.74) is -0.405. The lowest BCUT2D eigenvalue weighted by molar-refractivity contribution is -0.0233. The minimum Gasteiger partial charge on any atom is -0.376 e. The topological polar surface area (TPSA) is 48.3 Å². The molecular weight excluding hydrogens is 202 g/mol. The van der Waals surface area contributed by atoms with Crippen molar-refractivity contribution in [3.63, 3.8) is 0 Å². The van der Waals surface area contributed by atoms with Gasteiger partial charge in [0, 0.05) is 25.7 Å². The van der Waals surface area contributed by atoms with Crippen LogP contribution in [-0.4, -0.2) is 48.8 Å². The number of rotatable bonds is 4. The van der Waals surface area contributed by atoms with Crippen LogP contribution in [0.25, 0.3) is 0 Å². The molecule has 2 aliphatic rings. The predicted octanol–water partition coefficient (Wildman–Crippen LogP) is 0.741. The molecule has 1 heterocycles. The molecule has 1 saturated heterocycles. The second-order valence-corrected chi connectivity index (χ2v) is 5.28. The van der Waals surface area contributed by atoms with Crippen molar-refractivity contribution in [2.24, 2.45) is 0 Å². The molecule has 0 aromatic heterocycles. The fourth-order valence-electron chi connectivity index (χ4n) is 2.27. The third-order valence-corrected chi connectivity index (χ3v) is 3.21. The Balaban J connectivity index is 1.87. The van der Waals surface area contributed by atoms with E-state index in [4.69, 9.17) is 4.74 Å². The van der Waals surface area contributed by atoms with E-state index in [0.29, 0.717) is 6.04 Å². The minimum absolute atomic E-state index is 0.289. The molecule has 2 unspecified atom stereocenters. The van der Waals surface area contributed by atoms with Gasteiger partial charge in [-0.2, -0.15) is 5.26 Å². The molecule has 0 aromatic rings. The van der Waals surface area contributed by atoms with Crippen LogP contribution in [0.5, 0.6) is 0 Å². The number of ether oxygens (including phenoxy) is 1. The summed E-state index contributed by atoms with van der Waals surface area (Å²) >= 11 is 0. The molecule has 2 fully saturated rings. The molecule has 0 aromatic carbocycles. The van der Waals surface area contributed by atoms with E-state index < -0.39 is 5.54 Å². The van der Waals surface area contributed by atoms with Gasteiger partial charge < -0.3 is 4.74 Å². The van der Waals surface area contributed by atoms with Crippen molar-refractivity contribution < 1.29 is 4.74 Å². The fraction of sp³-hybridized carbons (Fsp3) is 0.917. The highest BCUT2D eigenvalue weighted by Crippen LogP contribution is 2.23. The Labute approximate surface area is 97.6 Å². The molecule has 0 amide bonds. The van der Waals surface area contributed by atoms with E-state index in [1.54, 1.807) is 0 Å². The highest BCUT2D eigenvalue weighted by Gasteiger charge is 2.34. The van der Waals surface area contributed by atoms with Crippen LogP contribution in [0.2, 0.25) is 0 Å². The Kier molecular flexibility index (Phi) is 3.48. The molecule has 1 saturated carbocycles. The lowest BCUT2D eigenvalue weighted by Gasteiger charge is -2.36. The van der Waals surface area contributed by atoms with Crippen molar-refractivity contribution in [3.05, 3.63) is 0 Å². The molecule has 4 heteroatoms. The summed E-state index contributed by atoms with van der Waals surface area (Å²) in [6, 6.07) is 2.99. The van der Waals surface area contributed by atoms with Crippen LogP contribution in [0.4, 0.5) is 0 Å². The van der Waals surface area contributed by atoms with E-state index in [9.17, 15) is 5.26 Å². The van der Waals surface area contributed by atoms with Gasteiger partial charge in [-0.25, -0.2) is 0 Å². The normalized spacial score (nSPS) is 30.7. The second kappa shape index (κ2) is 4.70. The van der Waals surface area contributed by atoms with Crippen LogP contribution in [0.1, 0.15) is 26.7 Å². The first kappa shape index (κ1) is 11.8. The van der Waals surface area contributed by atoms with Gasteiger partial charge in [0.05, 0.1) is 18.8 Å².